The predicted molar refractivity (Wildman–Crippen MR) is 52.8 cm³/mol. The Balaban J connectivity index is 0.00000121. The van der Waals surface area contributed by atoms with Crippen LogP contribution < -0.4 is 5.32 Å². The molecule has 0 aromatic rings. The number of aliphatic hydroxyl groups excluding tert-OH is 1. The second kappa shape index (κ2) is 5.75. The first-order valence-corrected chi connectivity index (χ1v) is 4.23. The lowest BCUT2D eigenvalue weighted by Gasteiger charge is -2.35. The Labute approximate surface area is 80.5 Å². The molecule has 0 spiro atoms. The minimum Gasteiger partial charge on any atom is -0.396 e. The van der Waals surface area contributed by atoms with E-state index in [9.17, 15) is 0 Å². The van der Waals surface area contributed by atoms with E-state index in [2.05, 4.69) is 24.3 Å². The normalized spacial score (nSPS) is 30.0. The number of nitrogens with zero attached hydrogens (tertiary/aromatic N) is 1. The average molecular weight is 195 g/mol. The van der Waals surface area contributed by atoms with Crippen LogP contribution in [0.25, 0.3) is 0 Å². The molecule has 1 aliphatic heterocycles. The van der Waals surface area contributed by atoms with Crippen LogP contribution in [0.5, 0.6) is 0 Å². The molecule has 0 radical (unpaired) electrons. The molecule has 0 amide bonds. The Kier molecular flexibility index (Phi) is 5.84. The summed E-state index contributed by atoms with van der Waals surface area (Å²) in [5.74, 6) is 0.416. The van der Waals surface area contributed by atoms with Crippen LogP contribution in [0.1, 0.15) is 6.42 Å². The van der Waals surface area contributed by atoms with Crippen LogP contribution in [0.2, 0.25) is 0 Å². The van der Waals surface area contributed by atoms with Gasteiger partial charge >= 0.3 is 0 Å². The molecule has 0 bridgehead atoms. The summed E-state index contributed by atoms with van der Waals surface area (Å²) in [5.41, 5.74) is 0. The summed E-state index contributed by atoms with van der Waals surface area (Å²) in [6, 6.07) is 0.557. The summed E-state index contributed by atoms with van der Waals surface area (Å²) >= 11 is 0. The Morgan fingerprint density at radius 2 is 2.17 bits per heavy atom. The summed E-state index contributed by atoms with van der Waals surface area (Å²) in [4.78, 5) is 2.21. The number of hydrogen-bond acceptors (Lipinski definition) is 3. The van der Waals surface area contributed by atoms with E-state index >= 15 is 0 Å². The average Bonchev–Trinajstić information content (AvgIpc) is 2.04. The minimum absolute atomic E-state index is 0. The van der Waals surface area contributed by atoms with E-state index in [4.69, 9.17) is 5.11 Å². The molecule has 2 N–H and O–H groups in total. The Hall–Kier alpha value is 0.170. The van der Waals surface area contributed by atoms with E-state index in [-0.39, 0.29) is 12.4 Å². The molecule has 0 aliphatic carbocycles. The highest BCUT2D eigenvalue weighted by Gasteiger charge is 2.25. The zero-order valence-electron chi connectivity index (χ0n) is 7.79. The van der Waals surface area contributed by atoms with Gasteiger partial charge in [-0.15, -0.1) is 12.4 Å². The zero-order chi connectivity index (χ0) is 8.27. The third kappa shape index (κ3) is 2.90. The molecule has 0 aromatic carbocycles. The monoisotopic (exact) mass is 194 g/mol. The van der Waals surface area contributed by atoms with Gasteiger partial charge in [-0.3, -0.25) is 0 Å². The van der Waals surface area contributed by atoms with E-state index in [1.807, 2.05) is 0 Å². The Morgan fingerprint density at radius 3 is 2.58 bits per heavy atom. The van der Waals surface area contributed by atoms with Crippen molar-refractivity contribution in [2.75, 3.05) is 33.8 Å². The smallest absolute Gasteiger partial charge is 0.0486 e. The molecule has 1 rings (SSSR count). The van der Waals surface area contributed by atoms with Crippen molar-refractivity contribution in [1.29, 1.82) is 0 Å². The molecule has 1 heterocycles. The first-order valence-electron chi connectivity index (χ1n) is 4.23. The number of aliphatic hydroxyl groups is 1. The lowest BCUT2D eigenvalue weighted by atomic mass is 9.93. The van der Waals surface area contributed by atoms with E-state index < -0.39 is 0 Å². The van der Waals surface area contributed by atoms with Gasteiger partial charge in [-0.1, -0.05) is 0 Å². The zero-order valence-corrected chi connectivity index (χ0v) is 8.60. The van der Waals surface area contributed by atoms with Gasteiger partial charge in [0.1, 0.15) is 0 Å². The molecule has 0 unspecified atom stereocenters. The molecule has 74 valence electrons. The fraction of sp³-hybridized carbons (Fsp3) is 1.00. The van der Waals surface area contributed by atoms with E-state index in [0.29, 0.717) is 18.6 Å². The molecule has 12 heavy (non-hydrogen) atoms. The predicted octanol–water partition coefficient (Wildman–Crippen LogP) is -0.0598. The van der Waals surface area contributed by atoms with Crippen molar-refractivity contribution < 1.29 is 5.11 Å². The first kappa shape index (κ1) is 12.2. The largest absolute Gasteiger partial charge is 0.396 e. The second-order valence-corrected chi connectivity index (χ2v) is 3.47. The summed E-state index contributed by atoms with van der Waals surface area (Å²) in [6.45, 7) is 2.34. The Morgan fingerprint density at radius 1 is 1.50 bits per heavy atom. The van der Waals surface area contributed by atoms with Crippen LogP contribution in [-0.4, -0.2) is 49.8 Å². The lowest BCUT2D eigenvalue weighted by Crippen LogP contribution is -2.48. The highest BCUT2D eigenvalue weighted by molar-refractivity contribution is 5.85. The molecule has 1 fully saturated rings. The van der Waals surface area contributed by atoms with Crippen molar-refractivity contribution in [2.24, 2.45) is 5.92 Å². The molecule has 1 aliphatic rings. The van der Waals surface area contributed by atoms with Crippen LogP contribution in [-0.2, 0) is 0 Å². The maximum Gasteiger partial charge on any atom is 0.0486 e. The van der Waals surface area contributed by atoms with Crippen LogP contribution in [0.15, 0.2) is 0 Å². The lowest BCUT2D eigenvalue weighted by molar-refractivity contribution is 0.107. The highest BCUT2D eigenvalue weighted by Crippen LogP contribution is 2.14. The van der Waals surface area contributed by atoms with Crippen molar-refractivity contribution in [2.45, 2.75) is 12.5 Å². The van der Waals surface area contributed by atoms with Crippen molar-refractivity contribution in [1.82, 2.24) is 10.2 Å². The molecule has 2 atom stereocenters. The van der Waals surface area contributed by atoms with Crippen molar-refractivity contribution in [3.05, 3.63) is 0 Å². The van der Waals surface area contributed by atoms with Gasteiger partial charge < -0.3 is 15.3 Å². The fourth-order valence-corrected chi connectivity index (χ4v) is 1.78. The molecule has 0 saturated carbocycles. The van der Waals surface area contributed by atoms with E-state index in [1.54, 1.807) is 0 Å². The standard InChI is InChI=1S/C8H18N2O.ClH/c1-10(2)8-3-4-9-5-7(8)6-11;/h7-9,11H,3-6H2,1-2H3;1H/t7-,8+;/m1./s1. The van der Waals surface area contributed by atoms with E-state index in [1.165, 1.54) is 0 Å². The molecular formula is C8H19ClN2O. The molecule has 4 heteroatoms. The first-order chi connectivity index (χ1) is 5.25. The van der Waals surface area contributed by atoms with Crippen LogP contribution in [0.4, 0.5) is 0 Å². The summed E-state index contributed by atoms with van der Waals surface area (Å²) in [7, 11) is 4.16. The van der Waals surface area contributed by atoms with Gasteiger partial charge in [0.15, 0.2) is 0 Å². The maximum atomic E-state index is 9.04. The molecule has 1 saturated heterocycles. The SMILES string of the molecule is CN(C)[C@H]1CCNC[C@@H]1CO.Cl. The topological polar surface area (TPSA) is 35.5 Å². The van der Waals surface area contributed by atoms with Crippen molar-refractivity contribution in [3.63, 3.8) is 0 Å². The van der Waals surface area contributed by atoms with Gasteiger partial charge in [0, 0.05) is 25.1 Å². The third-order valence-electron chi connectivity index (χ3n) is 2.47. The van der Waals surface area contributed by atoms with Gasteiger partial charge in [0.25, 0.3) is 0 Å². The third-order valence-corrected chi connectivity index (χ3v) is 2.47. The van der Waals surface area contributed by atoms with Gasteiger partial charge in [0.05, 0.1) is 0 Å². The van der Waals surface area contributed by atoms with Gasteiger partial charge in [0.2, 0.25) is 0 Å². The quantitative estimate of drug-likeness (QED) is 0.647. The van der Waals surface area contributed by atoms with Gasteiger partial charge in [-0.05, 0) is 27.1 Å². The number of halogens is 1. The van der Waals surface area contributed by atoms with Crippen molar-refractivity contribution in [3.8, 4) is 0 Å². The van der Waals surface area contributed by atoms with Crippen LogP contribution in [0, 0.1) is 5.92 Å². The molecule has 0 aromatic heterocycles. The number of rotatable bonds is 2. The summed E-state index contributed by atoms with van der Waals surface area (Å²) in [5, 5.41) is 12.3. The van der Waals surface area contributed by atoms with Crippen LogP contribution in [0.3, 0.4) is 0 Å². The van der Waals surface area contributed by atoms with Gasteiger partial charge in [-0.2, -0.15) is 0 Å². The maximum absolute atomic E-state index is 9.04. The van der Waals surface area contributed by atoms with Crippen molar-refractivity contribution >= 4 is 12.4 Å². The summed E-state index contributed by atoms with van der Waals surface area (Å²) < 4.78 is 0. The highest BCUT2D eigenvalue weighted by atomic mass is 35.5. The fourth-order valence-electron chi connectivity index (χ4n) is 1.78. The minimum atomic E-state index is 0. The van der Waals surface area contributed by atoms with E-state index in [0.717, 1.165) is 19.5 Å². The molecule has 3 nitrogen and oxygen atoms in total. The second-order valence-electron chi connectivity index (χ2n) is 3.47. The Bertz CT molecular complexity index is 122. The number of piperidine rings is 1. The van der Waals surface area contributed by atoms with Crippen LogP contribution >= 0.6 is 12.4 Å². The molecular weight excluding hydrogens is 176 g/mol. The summed E-state index contributed by atoms with van der Waals surface area (Å²) in [6.07, 6.45) is 1.15. The van der Waals surface area contributed by atoms with Gasteiger partial charge in [-0.25, -0.2) is 0 Å². The number of nitrogens with one attached hydrogen (secondary N) is 1. The number of hydrogen-bond donors (Lipinski definition) is 2.